The smallest absolute Gasteiger partial charge is 0.178 e. The van der Waals surface area contributed by atoms with Crippen LogP contribution in [0.4, 0.5) is 0 Å². The second kappa shape index (κ2) is 5.78. The Morgan fingerprint density at radius 3 is 2.67 bits per heavy atom. The maximum Gasteiger partial charge on any atom is 0.178 e. The lowest BCUT2D eigenvalue weighted by Crippen LogP contribution is -2.01. The zero-order valence-electron chi connectivity index (χ0n) is 10.5. The molecule has 0 spiro atoms. The van der Waals surface area contributed by atoms with Crippen LogP contribution in [0.3, 0.4) is 0 Å². The van der Waals surface area contributed by atoms with Gasteiger partial charge in [-0.1, -0.05) is 17.7 Å². The molecule has 94 valence electrons. The minimum absolute atomic E-state index is 0.0111. The first kappa shape index (κ1) is 12.8. The van der Waals surface area contributed by atoms with Gasteiger partial charge in [-0.25, -0.2) is 4.98 Å². The molecule has 4 heteroatoms. The van der Waals surface area contributed by atoms with Gasteiger partial charge in [0.15, 0.2) is 5.78 Å². The average molecular weight is 261 g/mol. The quantitative estimate of drug-likeness (QED) is 0.775. The number of Topliss-reactive ketones (excluding diaryl/α,β-unsaturated/α-hetero) is 1. The third-order valence-electron chi connectivity index (χ3n) is 2.52. The van der Waals surface area contributed by atoms with Crippen LogP contribution in [0.25, 0.3) is 0 Å². The molecule has 2 rings (SSSR count). The van der Waals surface area contributed by atoms with Gasteiger partial charge < -0.3 is 4.74 Å². The van der Waals surface area contributed by atoms with Crippen LogP contribution in [0.15, 0.2) is 29.6 Å². The Morgan fingerprint density at radius 1 is 1.33 bits per heavy atom. The van der Waals surface area contributed by atoms with E-state index in [1.54, 1.807) is 5.38 Å². The summed E-state index contributed by atoms with van der Waals surface area (Å²) in [6.45, 7) is 4.15. The van der Waals surface area contributed by atoms with E-state index in [9.17, 15) is 4.79 Å². The number of carbonyl (C=O) groups is 1. The van der Waals surface area contributed by atoms with Crippen LogP contribution in [0, 0.1) is 6.92 Å². The fourth-order valence-electron chi connectivity index (χ4n) is 1.48. The number of aromatic nitrogens is 1. The van der Waals surface area contributed by atoms with Crippen molar-refractivity contribution in [3.8, 4) is 5.75 Å². The average Bonchev–Trinajstić information content (AvgIpc) is 2.81. The Hall–Kier alpha value is -1.68. The Balaban J connectivity index is 1.84. The molecular weight excluding hydrogens is 246 g/mol. The van der Waals surface area contributed by atoms with Gasteiger partial charge in [-0.15, -0.1) is 11.3 Å². The van der Waals surface area contributed by atoms with Crippen molar-refractivity contribution >= 4 is 17.1 Å². The van der Waals surface area contributed by atoms with Crippen molar-refractivity contribution < 1.29 is 9.53 Å². The molecule has 0 aliphatic rings. The van der Waals surface area contributed by atoms with E-state index in [0.717, 1.165) is 17.2 Å². The summed E-state index contributed by atoms with van der Waals surface area (Å²) in [7, 11) is 0. The summed E-state index contributed by atoms with van der Waals surface area (Å²) in [6.07, 6.45) is 0.728. The van der Waals surface area contributed by atoms with Gasteiger partial charge in [0, 0.05) is 18.7 Å². The predicted molar refractivity (Wildman–Crippen MR) is 72.5 cm³/mol. The number of ketones is 1. The summed E-state index contributed by atoms with van der Waals surface area (Å²) < 4.78 is 5.62. The summed E-state index contributed by atoms with van der Waals surface area (Å²) in [6, 6.07) is 7.95. The molecule has 2 aromatic rings. The summed E-state index contributed by atoms with van der Waals surface area (Å²) in [4.78, 5) is 15.3. The SMILES string of the molecule is CC(=O)c1csc(CCOc2ccc(C)cc2)n1. The summed E-state index contributed by atoms with van der Waals surface area (Å²) in [5.74, 6) is 0.876. The van der Waals surface area contributed by atoms with Crippen LogP contribution in [0.5, 0.6) is 5.75 Å². The van der Waals surface area contributed by atoms with Gasteiger partial charge in [-0.05, 0) is 19.1 Å². The van der Waals surface area contributed by atoms with Crippen molar-refractivity contribution in [3.05, 3.63) is 45.9 Å². The fraction of sp³-hybridized carbons (Fsp3) is 0.286. The van der Waals surface area contributed by atoms with Crippen molar-refractivity contribution in [2.45, 2.75) is 20.3 Å². The van der Waals surface area contributed by atoms with Crippen molar-refractivity contribution in [2.75, 3.05) is 6.61 Å². The monoisotopic (exact) mass is 261 g/mol. The van der Waals surface area contributed by atoms with Crippen LogP contribution >= 0.6 is 11.3 Å². The zero-order chi connectivity index (χ0) is 13.0. The minimum atomic E-state index is 0.0111. The van der Waals surface area contributed by atoms with Gasteiger partial charge in [0.25, 0.3) is 0 Å². The molecule has 18 heavy (non-hydrogen) atoms. The Kier molecular flexibility index (Phi) is 4.10. The Morgan fingerprint density at radius 2 is 2.06 bits per heavy atom. The topological polar surface area (TPSA) is 39.2 Å². The van der Waals surface area contributed by atoms with E-state index in [4.69, 9.17) is 4.74 Å². The van der Waals surface area contributed by atoms with Crippen LogP contribution in [-0.2, 0) is 6.42 Å². The lowest BCUT2D eigenvalue weighted by Gasteiger charge is -2.04. The van der Waals surface area contributed by atoms with Crippen molar-refractivity contribution in [1.82, 2.24) is 4.98 Å². The van der Waals surface area contributed by atoms with Gasteiger partial charge in [-0.3, -0.25) is 4.79 Å². The first-order valence-electron chi connectivity index (χ1n) is 5.80. The molecule has 1 aromatic carbocycles. The number of nitrogens with zero attached hydrogens (tertiary/aromatic N) is 1. The number of benzene rings is 1. The van der Waals surface area contributed by atoms with Crippen molar-refractivity contribution in [1.29, 1.82) is 0 Å². The van der Waals surface area contributed by atoms with E-state index in [1.165, 1.54) is 23.8 Å². The maximum atomic E-state index is 11.1. The zero-order valence-corrected chi connectivity index (χ0v) is 11.3. The molecule has 0 radical (unpaired) electrons. The third-order valence-corrected chi connectivity index (χ3v) is 3.43. The van der Waals surface area contributed by atoms with E-state index in [1.807, 2.05) is 31.2 Å². The highest BCUT2D eigenvalue weighted by molar-refractivity contribution is 7.09. The molecule has 0 fully saturated rings. The third kappa shape index (κ3) is 3.40. The molecule has 0 saturated heterocycles. The molecule has 0 unspecified atom stereocenters. The molecule has 0 amide bonds. The summed E-state index contributed by atoms with van der Waals surface area (Å²) in [5, 5.41) is 2.73. The minimum Gasteiger partial charge on any atom is -0.493 e. The molecule has 0 aliphatic carbocycles. The highest BCUT2D eigenvalue weighted by atomic mass is 32.1. The van der Waals surface area contributed by atoms with Crippen LogP contribution < -0.4 is 4.74 Å². The lowest BCUT2D eigenvalue weighted by molar-refractivity contribution is 0.101. The van der Waals surface area contributed by atoms with Gasteiger partial charge in [-0.2, -0.15) is 0 Å². The van der Waals surface area contributed by atoms with Crippen molar-refractivity contribution in [2.24, 2.45) is 0 Å². The summed E-state index contributed by atoms with van der Waals surface area (Å²) >= 11 is 1.50. The highest BCUT2D eigenvalue weighted by Gasteiger charge is 2.05. The van der Waals surface area contributed by atoms with E-state index in [0.29, 0.717) is 12.3 Å². The van der Waals surface area contributed by atoms with E-state index in [-0.39, 0.29) is 5.78 Å². The predicted octanol–water partition coefficient (Wildman–Crippen LogP) is 3.28. The molecule has 1 aromatic heterocycles. The second-order valence-electron chi connectivity index (χ2n) is 4.09. The largest absolute Gasteiger partial charge is 0.493 e. The molecule has 3 nitrogen and oxygen atoms in total. The molecule has 0 saturated carbocycles. The van der Waals surface area contributed by atoms with E-state index in [2.05, 4.69) is 4.98 Å². The number of ether oxygens (including phenoxy) is 1. The Labute approximate surface area is 110 Å². The van der Waals surface area contributed by atoms with Crippen LogP contribution in [0.1, 0.15) is 28.0 Å². The number of rotatable bonds is 5. The number of thiazole rings is 1. The number of hydrogen-bond acceptors (Lipinski definition) is 4. The molecular formula is C14H15NO2S. The van der Waals surface area contributed by atoms with Gasteiger partial charge in [0.2, 0.25) is 0 Å². The van der Waals surface area contributed by atoms with Gasteiger partial charge in [0.05, 0.1) is 11.6 Å². The lowest BCUT2D eigenvalue weighted by atomic mass is 10.2. The molecule has 0 aliphatic heterocycles. The molecule has 0 bridgehead atoms. The normalized spacial score (nSPS) is 10.3. The molecule has 0 N–H and O–H groups in total. The second-order valence-corrected chi connectivity index (χ2v) is 5.04. The standard InChI is InChI=1S/C14H15NO2S/c1-10-3-5-12(6-4-10)17-8-7-14-15-13(9-18-14)11(2)16/h3-6,9H,7-8H2,1-2H3. The Bertz CT molecular complexity index is 531. The molecule has 0 atom stereocenters. The van der Waals surface area contributed by atoms with E-state index >= 15 is 0 Å². The van der Waals surface area contributed by atoms with Crippen molar-refractivity contribution in [3.63, 3.8) is 0 Å². The fourth-order valence-corrected chi connectivity index (χ4v) is 2.30. The maximum absolute atomic E-state index is 11.1. The van der Waals surface area contributed by atoms with Gasteiger partial charge in [0.1, 0.15) is 11.4 Å². The highest BCUT2D eigenvalue weighted by Crippen LogP contribution is 2.14. The number of hydrogen-bond donors (Lipinski definition) is 0. The first-order valence-corrected chi connectivity index (χ1v) is 6.68. The summed E-state index contributed by atoms with van der Waals surface area (Å²) in [5.41, 5.74) is 1.76. The van der Waals surface area contributed by atoms with Gasteiger partial charge >= 0.3 is 0 Å². The van der Waals surface area contributed by atoms with Crippen LogP contribution in [-0.4, -0.2) is 17.4 Å². The number of carbonyl (C=O) groups excluding carboxylic acids is 1. The molecule has 1 heterocycles. The first-order chi connectivity index (χ1) is 8.65. The van der Waals surface area contributed by atoms with Crippen LogP contribution in [0.2, 0.25) is 0 Å². The van der Waals surface area contributed by atoms with E-state index < -0.39 is 0 Å². The number of aryl methyl sites for hydroxylation is 1.